The van der Waals surface area contributed by atoms with E-state index in [1.165, 1.54) is 0 Å². The van der Waals surface area contributed by atoms with Crippen LogP contribution in [-0.4, -0.2) is 36.4 Å². The maximum absolute atomic E-state index is 11.9. The lowest BCUT2D eigenvalue weighted by molar-refractivity contribution is 0.0500. The van der Waals surface area contributed by atoms with E-state index in [2.05, 4.69) is 10.6 Å². The fourth-order valence-electron chi connectivity index (χ4n) is 2.93. The van der Waals surface area contributed by atoms with Crippen molar-refractivity contribution in [3.05, 3.63) is 29.8 Å². The second kappa shape index (κ2) is 7.49. The molecule has 1 aliphatic carbocycles. The molecule has 22 heavy (non-hydrogen) atoms. The summed E-state index contributed by atoms with van der Waals surface area (Å²) in [5, 5.41) is 15.9. The summed E-state index contributed by atoms with van der Waals surface area (Å²) in [6.07, 6.45) is 4.34. The fraction of sp³-hybridized carbons (Fsp3) is 0.588. The molecule has 0 saturated heterocycles. The average molecular weight is 306 g/mol. The Kier molecular flexibility index (Phi) is 5.66. The highest BCUT2D eigenvalue weighted by Crippen LogP contribution is 2.28. The molecule has 0 radical (unpaired) electrons. The molecule has 1 aromatic carbocycles. The van der Waals surface area contributed by atoms with Crippen LogP contribution in [0.15, 0.2) is 24.3 Å². The van der Waals surface area contributed by atoms with Crippen LogP contribution in [0.5, 0.6) is 5.75 Å². The molecule has 1 saturated carbocycles. The van der Waals surface area contributed by atoms with Crippen LogP contribution >= 0.6 is 0 Å². The van der Waals surface area contributed by atoms with Crippen molar-refractivity contribution in [3.8, 4) is 5.75 Å². The van der Waals surface area contributed by atoms with Crippen molar-refractivity contribution in [2.24, 2.45) is 0 Å². The van der Waals surface area contributed by atoms with Crippen molar-refractivity contribution in [1.82, 2.24) is 10.6 Å². The van der Waals surface area contributed by atoms with Gasteiger partial charge in [-0.3, -0.25) is 0 Å². The second-order valence-electron chi connectivity index (χ2n) is 6.22. The molecule has 2 rings (SSSR count). The Hall–Kier alpha value is -1.75. The van der Waals surface area contributed by atoms with Gasteiger partial charge in [0.1, 0.15) is 5.75 Å². The Morgan fingerprint density at radius 1 is 1.41 bits per heavy atom. The van der Waals surface area contributed by atoms with Crippen molar-refractivity contribution >= 4 is 6.03 Å². The summed E-state index contributed by atoms with van der Waals surface area (Å²) in [6.45, 7) is 2.29. The molecule has 1 aliphatic rings. The van der Waals surface area contributed by atoms with Gasteiger partial charge in [0, 0.05) is 12.6 Å². The Balaban J connectivity index is 1.75. The zero-order chi connectivity index (χ0) is 16.0. The number of hydrogen-bond donors (Lipinski definition) is 3. The molecule has 1 fully saturated rings. The van der Waals surface area contributed by atoms with E-state index < -0.39 is 5.60 Å². The third-order valence-corrected chi connectivity index (χ3v) is 4.17. The van der Waals surface area contributed by atoms with Gasteiger partial charge in [-0.05, 0) is 43.9 Å². The largest absolute Gasteiger partial charge is 0.497 e. The molecule has 1 atom stereocenters. The molecule has 5 heteroatoms. The predicted octanol–water partition coefficient (Wildman–Crippen LogP) is 2.23. The number of nitrogens with one attached hydrogen (secondary N) is 2. The van der Waals surface area contributed by atoms with Crippen LogP contribution in [0.1, 0.15) is 38.2 Å². The molecule has 0 aliphatic heterocycles. The van der Waals surface area contributed by atoms with Crippen molar-refractivity contribution in [2.45, 2.75) is 50.7 Å². The minimum Gasteiger partial charge on any atom is -0.497 e. The Morgan fingerprint density at radius 3 is 2.82 bits per heavy atom. The van der Waals surface area contributed by atoms with Crippen molar-refractivity contribution in [1.29, 1.82) is 0 Å². The standard InChI is InChI=1S/C17H26N2O3/c1-13(10-14-6-5-7-15(11-14)22-2)19-16(20)18-12-17(21)8-3-4-9-17/h5-7,11,13,21H,3-4,8-10,12H2,1-2H3,(H2,18,19,20). The van der Waals surface area contributed by atoms with E-state index in [0.717, 1.165) is 43.4 Å². The van der Waals surface area contributed by atoms with Crippen LogP contribution in [-0.2, 0) is 6.42 Å². The topological polar surface area (TPSA) is 70.6 Å². The Bertz CT molecular complexity index is 498. The van der Waals surface area contributed by atoms with E-state index >= 15 is 0 Å². The summed E-state index contributed by atoms with van der Waals surface area (Å²) in [5.41, 5.74) is 0.398. The first-order valence-electron chi connectivity index (χ1n) is 7.90. The summed E-state index contributed by atoms with van der Waals surface area (Å²) in [7, 11) is 1.64. The van der Waals surface area contributed by atoms with Gasteiger partial charge in [0.2, 0.25) is 0 Å². The molecule has 3 N–H and O–H groups in total. The van der Waals surface area contributed by atoms with Crippen LogP contribution in [0.2, 0.25) is 0 Å². The third-order valence-electron chi connectivity index (χ3n) is 4.17. The van der Waals surface area contributed by atoms with E-state index in [1.54, 1.807) is 7.11 Å². The average Bonchev–Trinajstić information content (AvgIpc) is 2.92. The van der Waals surface area contributed by atoms with Gasteiger partial charge in [-0.25, -0.2) is 4.79 Å². The normalized spacial score (nSPS) is 17.8. The van der Waals surface area contributed by atoms with Crippen LogP contribution in [0, 0.1) is 0 Å². The smallest absolute Gasteiger partial charge is 0.315 e. The summed E-state index contributed by atoms with van der Waals surface area (Å²) in [4.78, 5) is 11.9. The number of ether oxygens (including phenoxy) is 1. The molecule has 0 bridgehead atoms. The number of aliphatic hydroxyl groups is 1. The molecule has 122 valence electrons. The molecular weight excluding hydrogens is 280 g/mol. The van der Waals surface area contributed by atoms with Crippen molar-refractivity contribution in [2.75, 3.05) is 13.7 Å². The number of hydrogen-bond acceptors (Lipinski definition) is 3. The van der Waals surface area contributed by atoms with Gasteiger partial charge in [-0.1, -0.05) is 25.0 Å². The molecule has 5 nitrogen and oxygen atoms in total. The van der Waals surface area contributed by atoms with E-state index in [0.29, 0.717) is 6.54 Å². The summed E-state index contributed by atoms with van der Waals surface area (Å²) in [5.74, 6) is 0.817. The Labute approximate surface area is 132 Å². The zero-order valence-electron chi connectivity index (χ0n) is 13.4. The van der Waals surface area contributed by atoms with Gasteiger partial charge in [0.05, 0.1) is 12.7 Å². The number of carbonyl (C=O) groups is 1. The van der Waals surface area contributed by atoms with Crippen LogP contribution in [0.4, 0.5) is 4.79 Å². The van der Waals surface area contributed by atoms with Crippen LogP contribution < -0.4 is 15.4 Å². The SMILES string of the molecule is COc1cccc(CC(C)NC(=O)NCC2(O)CCCC2)c1. The maximum Gasteiger partial charge on any atom is 0.315 e. The zero-order valence-corrected chi connectivity index (χ0v) is 13.4. The van der Waals surface area contributed by atoms with Gasteiger partial charge in [-0.2, -0.15) is 0 Å². The highest BCUT2D eigenvalue weighted by atomic mass is 16.5. The van der Waals surface area contributed by atoms with Crippen LogP contribution in [0.3, 0.4) is 0 Å². The lowest BCUT2D eigenvalue weighted by Crippen LogP contribution is -2.47. The van der Waals surface area contributed by atoms with E-state index in [9.17, 15) is 9.90 Å². The van der Waals surface area contributed by atoms with Crippen molar-refractivity contribution in [3.63, 3.8) is 0 Å². The maximum atomic E-state index is 11.9. The number of methoxy groups -OCH3 is 1. The number of urea groups is 1. The summed E-state index contributed by atoms with van der Waals surface area (Å²) >= 11 is 0. The number of benzene rings is 1. The molecule has 0 spiro atoms. The number of carbonyl (C=O) groups excluding carboxylic acids is 1. The lowest BCUT2D eigenvalue weighted by atomic mass is 10.0. The third kappa shape index (κ3) is 4.91. The van der Waals surface area contributed by atoms with E-state index in [1.807, 2.05) is 31.2 Å². The molecule has 1 unspecified atom stereocenters. The first-order chi connectivity index (χ1) is 10.5. The minimum absolute atomic E-state index is 0.00493. The molecule has 2 amide bonds. The van der Waals surface area contributed by atoms with E-state index in [4.69, 9.17) is 4.74 Å². The first kappa shape index (κ1) is 16.6. The highest BCUT2D eigenvalue weighted by molar-refractivity contribution is 5.74. The molecule has 0 heterocycles. The van der Waals surface area contributed by atoms with Gasteiger partial charge in [0.25, 0.3) is 0 Å². The van der Waals surface area contributed by atoms with Gasteiger partial charge in [-0.15, -0.1) is 0 Å². The summed E-state index contributed by atoms with van der Waals surface area (Å²) in [6, 6.07) is 7.60. The number of amides is 2. The van der Waals surface area contributed by atoms with Crippen molar-refractivity contribution < 1.29 is 14.6 Å². The van der Waals surface area contributed by atoms with Gasteiger partial charge >= 0.3 is 6.03 Å². The minimum atomic E-state index is -0.715. The predicted molar refractivity (Wildman–Crippen MR) is 86.1 cm³/mol. The fourth-order valence-corrected chi connectivity index (χ4v) is 2.93. The molecule has 1 aromatic rings. The first-order valence-corrected chi connectivity index (χ1v) is 7.90. The van der Waals surface area contributed by atoms with Crippen LogP contribution in [0.25, 0.3) is 0 Å². The Morgan fingerprint density at radius 2 is 2.14 bits per heavy atom. The molecule has 0 aromatic heterocycles. The number of rotatable bonds is 6. The summed E-state index contributed by atoms with van der Waals surface area (Å²) < 4.78 is 5.20. The van der Waals surface area contributed by atoms with Gasteiger partial charge < -0.3 is 20.5 Å². The second-order valence-corrected chi connectivity index (χ2v) is 6.22. The molecular formula is C17H26N2O3. The monoisotopic (exact) mass is 306 g/mol. The van der Waals surface area contributed by atoms with Gasteiger partial charge in [0.15, 0.2) is 0 Å². The lowest BCUT2D eigenvalue weighted by Gasteiger charge is -2.23. The quantitative estimate of drug-likeness (QED) is 0.755. The highest BCUT2D eigenvalue weighted by Gasteiger charge is 2.31. The van der Waals surface area contributed by atoms with E-state index in [-0.39, 0.29) is 12.1 Å².